The number of hydrogen-bond donors (Lipinski definition) is 0. The molecule has 218 valence electrons. The van der Waals surface area contributed by atoms with Gasteiger partial charge in [0.15, 0.2) is 0 Å². The SMILES string of the molecule is CCN1C(=O)N2Cc3cc(OC)cc(OC)c3[C@@H](C)C=C2C12CCN(Cc1ccc(C=Cc3ccccc3)cc1)CC2. The lowest BCUT2D eigenvalue weighted by Crippen LogP contribution is -2.53. The number of likely N-dealkylation sites (tertiary alicyclic amines) is 1. The molecular weight excluding hydrogens is 522 g/mol. The fourth-order valence-electron chi connectivity index (χ4n) is 7.09. The van der Waals surface area contributed by atoms with Gasteiger partial charge in [0.2, 0.25) is 0 Å². The molecule has 0 unspecified atom stereocenters. The third-order valence-corrected chi connectivity index (χ3v) is 9.25. The molecule has 2 fully saturated rings. The summed E-state index contributed by atoms with van der Waals surface area (Å²) in [6.07, 6.45) is 8.49. The Morgan fingerprint density at radius 3 is 2.26 bits per heavy atom. The summed E-state index contributed by atoms with van der Waals surface area (Å²) >= 11 is 0. The van der Waals surface area contributed by atoms with Crippen molar-refractivity contribution in [3.05, 3.63) is 106 Å². The van der Waals surface area contributed by atoms with E-state index < -0.39 is 0 Å². The number of methoxy groups -OCH3 is 2. The first-order valence-corrected chi connectivity index (χ1v) is 15.1. The van der Waals surface area contributed by atoms with Gasteiger partial charge in [0.1, 0.15) is 11.5 Å². The Hall–Kier alpha value is -4.03. The van der Waals surface area contributed by atoms with E-state index in [1.165, 1.54) is 16.7 Å². The van der Waals surface area contributed by atoms with Crippen molar-refractivity contribution in [2.45, 2.75) is 51.2 Å². The van der Waals surface area contributed by atoms with Crippen LogP contribution >= 0.6 is 0 Å². The van der Waals surface area contributed by atoms with Crippen molar-refractivity contribution in [3.8, 4) is 11.5 Å². The number of carbonyl (C=O) groups is 1. The van der Waals surface area contributed by atoms with Gasteiger partial charge in [0, 0.05) is 49.4 Å². The van der Waals surface area contributed by atoms with Gasteiger partial charge >= 0.3 is 6.03 Å². The third-order valence-electron chi connectivity index (χ3n) is 9.25. The number of benzene rings is 3. The van der Waals surface area contributed by atoms with Gasteiger partial charge in [-0.15, -0.1) is 0 Å². The van der Waals surface area contributed by atoms with Crippen molar-refractivity contribution in [2.75, 3.05) is 33.9 Å². The van der Waals surface area contributed by atoms with Gasteiger partial charge in [-0.2, -0.15) is 0 Å². The zero-order valence-electron chi connectivity index (χ0n) is 25.2. The highest BCUT2D eigenvalue weighted by molar-refractivity contribution is 5.83. The number of hydrogen-bond acceptors (Lipinski definition) is 4. The van der Waals surface area contributed by atoms with Crippen LogP contribution in [0, 0.1) is 0 Å². The number of ether oxygens (including phenoxy) is 2. The maximum Gasteiger partial charge on any atom is 0.325 e. The van der Waals surface area contributed by atoms with Gasteiger partial charge in [-0.05, 0) is 48.1 Å². The van der Waals surface area contributed by atoms with Crippen molar-refractivity contribution >= 4 is 18.2 Å². The van der Waals surface area contributed by atoms with E-state index in [1.807, 2.05) is 17.0 Å². The molecule has 0 aromatic heterocycles. The highest BCUT2D eigenvalue weighted by atomic mass is 16.5. The zero-order chi connectivity index (χ0) is 29.3. The number of piperidine rings is 1. The number of amides is 2. The summed E-state index contributed by atoms with van der Waals surface area (Å²) in [6.45, 7) is 8.37. The molecule has 42 heavy (non-hydrogen) atoms. The van der Waals surface area contributed by atoms with Gasteiger partial charge in [0.25, 0.3) is 0 Å². The molecular formula is C36H41N3O3. The molecule has 3 aliphatic rings. The number of urea groups is 1. The van der Waals surface area contributed by atoms with E-state index in [-0.39, 0.29) is 17.5 Å². The van der Waals surface area contributed by atoms with Crippen LogP contribution in [0.1, 0.15) is 60.4 Å². The van der Waals surface area contributed by atoms with Crippen molar-refractivity contribution in [1.29, 1.82) is 0 Å². The molecule has 3 aromatic carbocycles. The van der Waals surface area contributed by atoms with Gasteiger partial charge < -0.3 is 14.4 Å². The van der Waals surface area contributed by atoms with Crippen LogP contribution in [0.15, 0.2) is 78.5 Å². The monoisotopic (exact) mass is 563 g/mol. The normalized spacial score (nSPS) is 20.0. The number of allylic oxidation sites excluding steroid dienone is 1. The summed E-state index contributed by atoms with van der Waals surface area (Å²) in [4.78, 5) is 20.6. The van der Waals surface area contributed by atoms with Crippen LogP contribution in [0.4, 0.5) is 4.79 Å². The van der Waals surface area contributed by atoms with E-state index >= 15 is 0 Å². The minimum atomic E-state index is -0.276. The van der Waals surface area contributed by atoms with Gasteiger partial charge in [0.05, 0.1) is 26.3 Å². The topological polar surface area (TPSA) is 45.3 Å². The molecule has 3 aliphatic heterocycles. The molecule has 0 saturated carbocycles. The molecule has 2 amide bonds. The Labute approximate surface area is 249 Å². The minimum Gasteiger partial charge on any atom is -0.497 e. The molecule has 6 heteroatoms. The molecule has 0 bridgehead atoms. The second-order valence-corrected chi connectivity index (χ2v) is 11.6. The standard InChI is InChI=1S/C36H41N3O3/c1-5-39-35(40)38-25-30-22-31(41-3)23-32(42-4)34(30)26(2)21-33(38)36(39)17-19-37(20-18-36)24-29-15-13-28(14-16-29)12-11-27-9-7-6-8-10-27/h6-16,21-23,26H,5,17-20,24-25H2,1-4H3/t26-/m0/s1. The summed E-state index contributed by atoms with van der Waals surface area (Å²) < 4.78 is 11.4. The van der Waals surface area contributed by atoms with Crippen LogP contribution in [-0.4, -0.2) is 60.1 Å². The first-order chi connectivity index (χ1) is 20.5. The van der Waals surface area contributed by atoms with E-state index in [4.69, 9.17) is 9.47 Å². The molecule has 0 radical (unpaired) electrons. The first-order valence-electron chi connectivity index (χ1n) is 15.1. The minimum absolute atomic E-state index is 0.109. The van der Waals surface area contributed by atoms with Crippen LogP contribution in [0.3, 0.4) is 0 Å². The van der Waals surface area contributed by atoms with Crippen LogP contribution in [-0.2, 0) is 13.1 Å². The lowest BCUT2D eigenvalue weighted by atomic mass is 9.82. The van der Waals surface area contributed by atoms with Crippen molar-refractivity contribution in [1.82, 2.24) is 14.7 Å². The molecule has 2 saturated heterocycles. The van der Waals surface area contributed by atoms with Crippen LogP contribution in [0.25, 0.3) is 12.2 Å². The highest BCUT2D eigenvalue weighted by Crippen LogP contribution is 2.49. The summed E-state index contributed by atoms with van der Waals surface area (Å²) in [6, 6.07) is 23.4. The Kier molecular flexibility index (Phi) is 7.82. The zero-order valence-corrected chi connectivity index (χ0v) is 25.2. The van der Waals surface area contributed by atoms with Gasteiger partial charge in [-0.3, -0.25) is 9.80 Å². The molecule has 1 spiro atoms. The molecule has 0 N–H and O–H groups in total. The molecule has 3 heterocycles. The summed E-state index contributed by atoms with van der Waals surface area (Å²) in [7, 11) is 3.38. The predicted molar refractivity (Wildman–Crippen MR) is 168 cm³/mol. The van der Waals surface area contributed by atoms with E-state index in [9.17, 15) is 4.79 Å². The average molecular weight is 564 g/mol. The molecule has 3 aromatic rings. The lowest BCUT2D eigenvalue weighted by Gasteiger charge is -2.44. The van der Waals surface area contributed by atoms with Crippen molar-refractivity contribution in [2.24, 2.45) is 0 Å². The second-order valence-electron chi connectivity index (χ2n) is 11.6. The summed E-state index contributed by atoms with van der Waals surface area (Å²) in [5.41, 5.74) is 6.84. The highest BCUT2D eigenvalue weighted by Gasteiger charge is 2.54. The maximum atomic E-state index is 13.9. The van der Waals surface area contributed by atoms with Gasteiger partial charge in [-0.25, -0.2) is 4.79 Å². The number of rotatable bonds is 7. The maximum absolute atomic E-state index is 13.9. The molecule has 6 nitrogen and oxygen atoms in total. The van der Waals surface area contributed by atoms with Crippen molar-refractivity contribution < 1.29 is 14.3 Å². The fourth-order valence-corrected chi connectivity index (χ4v) is 7.09. The Bertz CT molecular complexity index is 1490. The van der Waals surface area contributed by atoms with E-state index in [2.05, 4.69) is 96.5 Å². The van der Waals surface area contributed by atoms with E-state index in [0.29, 0.717) is 13.1 Å². The smallest absolute Gasteiger partial charge is 0.325 e. The van der Waals surface area contributed by atoms with Crippen LogP contribution < -0.4 is 9.47 Å². The molecule has 1 atom stereocenters. The molecule has 0 aliphatic carbocycles. The fraction of sp³-hybridized carbons (Fsp3) is 0.361. The van der Waals surface area contributed by atoms with Crippen LogP contribution in [0.5, 0.6) is 11.5 Å². The van der Waals surface area contributed by atoms with Gasteiger partial charge in [-0.1, -0.05) is 79.7 Å². The summed E-state index contributed by atoms with van der Waals surface area (Å²) in [5, 5.41) is 0. The predicted octanol–water partition coefficient (Wildman–Crippen LogP) is 7.17. The number of likely N-dealkylation sites (N-methyl/N-ethyl adjacent to an activating group) is 1. The number of nitrogens with zero attached hydrogens (tertiary/aromatic N) is 3. The van der Waals surface area contributed by atoms with Crippen LogP contribution in [0.2, 0.25) is 0 Å². The lowest BCUT2D eigenvalue weighted by molar-refractivity contribution is 0.0888. The Balaban J connectivity index is 1.19. The van der Waals surface area contributed by atoms with E-state index in [0.717, 1.165) is 60.8 Å². The quantitative estimate of drug-likeness (QED) is 0.286. The Morgan fingerprint density at radius 2 is 1.62 bits per heavy atom. The van der Waals surface area contributed by atoms with E-state index in [1.54, 1.807) is 14.2 Å². The number of carbonyl (C=O) groups excluding carboxylic acids is 1. The van der Waals surface area contributed by atoms with Crippen molar-refractivity contribution in [3.63, 3.8) is 0 Å². The average Bonchev–Trinajstić information content (AvgIpc) is 3.12. The number of fused-ring (bicyclic) bond motifs is 3. The largest absolute Gasteiger partial charge is 0.497 e. The summed E-state index contributed by atoms with van der Waals surface area (Å²) in [5.74, 6) is 1.69. The second kappa shape index (κ2) is 11.7. The Morgan fingerprint density at radius 1 is 0.929 bits per heavy atom. The third kappa shape index (κ3) is 5.09. The first kappa shape index (κ1) is 28.1. The molecule has 6 rings (SSSR count).